The lowest BCUT2D eigenvalue weighted by Gasteiger charge is -2.14. The van der Waals surface area contributed by atoms with Crippen LogP contribution in [0.25, 0.3) is 0 Å². The minimum atomic E-state index is -2.62. The van der Waals surface area contributed by atoms with Crippen LogP contribution in [-0.2, 0) is 0 Å². The van der Waals surface area contributed by atoms with Crippen molar-refractivity contribution in [3.63, 3.8) is 0 Å². The number of nitriles is 1. The van der Waals surface area contributed by atoms with Gasteiger partial charge in [-0.05, 0) is 12.3 Å². The van der Waals surface area contributed by atoms with Crippen molar-refractivity contribution in [1.82, 2.24) is 0 Å². The largest absolute Gasteiger partial charge is 0.392 e. The molecule has 2 nitrogen and oxygen atoms in total. The Kier molecular flexibility index (Phi) is 2.63. The van der Waals surface area contributed by atoms with E-state index in [1.165, 1.54) is 0 Å². The molecular formula is C8H11F2NO. The van der Waals surface area contributed by atoms with Gasteiger partial charge in [0.1, 0.15) is 0 Å². The zero-order chi connectivity index (χ0) is 9.19. The summed E-state index contributed by atoms with van der Waals surface area (Å²) in [5.41, 5.74) is 0. The van der Waals surface area contributed by atoms with Crippen LogP contribution in [0.4, 0.5) is 8.78 Å². The molecule has 0 saturated heterocycles. The first-order chi connectivity index (χ1) is 5.55. The van der Waals surface area contributed by atoms with E-state index in [1.54, 1.807) is 6.07 Å². The molecule has 0 amide bonds. The quantitative estimate of drug-likeness (QED) is 0.694. The summed E-state index contributed by atoms with van der Waals surface area (Å²) in [5.74, 6) is -3.01. The van der Waals surface area contributed by atoms with Gasteiger partial charge in [-0.1, -0.05) is 0 Å². The number of hydrogen-bond acceptors (Lipinski definition) is 2. The van der Waals surface area contributed by atoms with Gasteiger partial charge in [0.25, 0.3) is 0 Å². The summed E-state index contributed by atoms with van der Waals surface area (Å²) in [4.78, 5) is 0. The molecule has 0 spiro atoms. The third kappa shape index (κ3) is 2.15. The predicted molar refractivity (Wildman–Crippen MR) is 38.5 cm³/mol. The van der Waals surface area contributed by atoms with E-state index in [2.05, 4.69) is 0 Å². The maximum absolute atomic E-state index is 12.6. The van der Waals surface area contributed by atoms with Crippen molar-refractivity contribution in [2.24, 2.45) is 5.92 Å². The number of halogens is 2. The van der Waals surface area contributed by atoms with Crippen LogP contribution in [0.2, 0.25) is 0 Å². The van der Waals surface area contributed by atoms with E-state index >= 15 is 0 Å². The fraction of sp³-hybridized carbons (Fsp3) is 0.875. The second-order valence-corrected chi connectivity index (χ2v) is 3.29. The third-order valence-corrected chi connectivity index (χ3v) is 2.29. The second-order valence-electron chi connectivity index (χ2n) is 3.29. The van der Waals surface area contributed by atoms with Gasteiger partial charge in [0, 0.05) is 12.8 Å². The van der Waals surface area contributed by atoms with Crippen molar-refractivity contribution >= 4 is 0 Å². The van der Waals surface area contributed by atoms with E-state index in [9.17, 15) is 13.9 Å². The zero-order valence-corrected chi connectivity index (χ0v) is 6.63. The molecule has 0 aromatic carbocycles. The van der Waals surface area contributed by atoms with Gasteiger partial charge >= 0.3 is 0 Å². The van der Waals surface area contributed by atoms with Crippen LogP contribution in [0.15, 0.2) is 0 Å². The number of alkyl halides is 2. The summed E-state index contributed by atoms with van der Waals surface area (Å²) in [6, 6.07) is 1.78. The van der Waals surface area contributed by atoms with E-state index in [0.29, 0.717) is 6.42 Å². The summed E-state index contributed by atoms with van der Waals surface area (Å²) in [6.45, 7) is 0. The topological polar surface area (TPSA) is 44.0 Å². The molecule has 12 heavy (non-hydrogen) atoms. The molecule has 0 aromatic heterocycles. The lowest BCUT2D eigenvalue weighted by Crippen LogP contribution is -2.19. The molecule has 2 unspecified atom stereocenters. The second kappa shape index (κ2) is 3.36. The van der Waals surface area contributed by atoms with Crippen molar-refractivity contribution in [2.45, 2.75) is 37.7 Å². The normalized spacial score (nSPS) is 29.7. The maximum atomic E-state index is 12.6. The molecular weight excluding hydrogens is 164 g/mol. The molecule has 1 rings (SSSR count). The van der Waals surface area contributed by atoms with Crippen molar-refractivity contribution in [3.8, 4) is 6.07 Å². The summed E-state index contributed by atoms with van der Waals surface area (Å²) >= 11 is 0. The Morgan fingerprint density at radius 2 is 2.33 bits per heavy atom. The van der Waals surface area contributed by atoms with Crippen LogP contribution in [0.3, 0.4) is 0 Å². The Balaban J connectivity index is 2.42. The summed E-state index contributed by atoms with van der Waals surface area (Å²) in [5, 5.41) is 17.5. The van der Waals surface area contributed by atoms with E-state index in [0.717, 1.165) is 0 Å². The standard InChI is InChI=1S/C8H11F2NO/c9-8(10)3-1-6(5-8)7(12)2-4-11/h6-7,12H,1-3,5H2. The first-order valence-corrected chi connectivity index (χ1v) is 3.98. The van der Waals surface area contributed by atoms with E-state index in [1.807, 2.05) is 0 Å². The molecule has 0 radical (unpaired) electrons. The molecule has 68 valence electrons. The van der Waals surface area contributed by atoms with Gasteiger partial charge in [-0.3, -0.25) is 0 Å². The van der Waals surface area contributed by atoms with Crippen LogP contribution < -0.4 is 0 Å². The Hall–Kier alpha value is -0.690. The van der Waals surface area contributed by atoms with Gasteiger partial charge in [-0.25, -0.2) is 8.78 Å². The highest BCUT2D eigenvalue weighted by molar-refractivity contribution is 4.88. The number of hydrogen-bond donors (Lipinski definition) is 1. The average Bonchev–Trinajstić information content (AvgIpc) is 2.31. The molecule has 4 heteroatoms. The first-order valence-electron chi connectivity index (χ1n) is 3.98. The predicted octanol–water partition coefficient (Wildman–Crippen LogP) is 1.70. The maximum Gasteiger partial charge on any atom is 0.248 e. The highest BCUT2D eigenvalue weighted by atomic mass is 19.3. The lowest BCUT2D eigenvalue weighted by atomic mass is 9.99. The van der Waals surface area contributed by atoms with E-state index < -0.39 is 12.0 Å². The lowest BCUT2D eigenvalue weighted by molar-refractivity contribution is -0.00440. The third-order valence-electron chi connectivity index (χ3n) is 2.29. The minimum absolute atomic E-state index is 0.0409. The Labute approximate surface area is 69.8 Å². The van der Waals surface area contributed by atoms with Crippen molar-refractivity contribution in [3.05, 3.63) is 0 Å². The van der Waals surface area contributed by atoms with Crippen LogP contribution in [-0.4, -0.2) is 17.1 Å². The van der Waals surface area contributed by atoms with Crippen LogP contribution in [0.5, 0.6) is 0 Å². The molecule has 1 aliphatic carbocycles. The average molecular weight is 175 g/mol. The number of aliphatic hydroxyl groups excluding tert-OH is 1. The number of rotatable bonds is 2. The Morgan fingerprint density at radius 1 is 1.67 bits per heavy atom. The zero-order valence-electron chi connectivity index (χ0n) is 6.63. The summed E-state index contributed by atoms with van der Waals surface area (Å²) < 4.78 is 25.2. The molecule has 1 aliphatic rings. The van der Waals surface area contributed by atoms with Gasteiger partial charge < -0.3 is 5.11 Å². The van der Waals surface area contributed by atoms with Crippen molar-refractivity contribution in [1.29, 1.82) is 5.26 Å². The first kappa shape index (κ1) is 9.40. The van der Waals surface area contributed by atoms with Gasteiger partial charge in [-0.15, -0.1) is 0 Å². The highest BCUT2D eigenvalue weighted by Gasteiger charge is 2.41. The number of nitrogens with zero attached hydrogens (tertiary/aromatic N) is 1. The monoisotopic (exact) mass is 175 g/mol. The minimum Gasteiger partial charge on any atom is -0.392 e. The van der Waals surface area contributed by atoms with Crippen LogP contribution in [0.1, 0.15) is 25.7 Å². The Morgan fingerprint density at radius 3 is 2.75 bits per heavy atom. The molecule has 2 atom stereocenters. The van der Waals surface area contributed by atoms with Crippen LogP contribution in [0, 0.1) is 17.2 Å². The molecule has 0 aliphatic heterocycles. The van der Waals surface area contributed by atoms with Gasteiger partial charge in [-0.2, -0.15) is 5.26 Å². The summed E-state index contributed by atoms with van der Waals surface area (Å²) in [7, 11) is 0. The van der Waals surface area contributed by atoms with E-state index in [4.69, 9.17) is 5.26 Å². The molecule has 0 bridgehead atoms. The molecule has 0 aromatic rings. The smallest absolute Gasteiger partial charge is 0.248 e. The fourth-order valence-corrected chi connectivity index (χ4v) is 1.57. The molecule has 1 saturated carbocycles. The Bertz CT molecular complexity index is 200. The molecule has 1 N–H and O–H groups in total. The molecule has 1 fully saturated rings. The van der Waals surface area contributed by atoms with E-state index in [-0.39, 0.29) is 25.2 Å². The number of aliphatic hydroxyl groups is 1. The SMILES string of the molecule is N#CCC(O)C1CCC(F)(F)C1. The van der Waals surface area contributed by atoms with Crippen LogP contribution >= 0.6 is 0 Å². The van der Waals surface area contributed by atoms with Gasteiger partial charge in [0.15, 0.2) is 0 Å². The fourth-order valence-electron chi connectivity index (χ4n) is 1.57. The van der Waals surface area contributed by atoms with Crippen molar-refractivity contribution in [2.75, 3.05) is 0 Å². The highest BCUT2D eigenvalue weighted by Crippen LogP contribution is 2.40. The van der Waals surface area contributed by atoms with Crippen molar-refractivity contribution < 1.29 is 13.9 Å². The molecule has 0 heterocycles. The van der Waals surface area contributed by atoms with Gasteiger partial charge in [0.2, 0.25) is 5.92 Å². The van der Waals surface area contributed by atoms with Gasteiger partial charge in [0.05, 0.1) is 18.6 Å². The summed E-state index contributed by atoms with van der Waals surface area (Å²) in [6.07, 6.45) is -1.00.